The van der Waals surface area contributed by atoms with Gasteiger partial charge in [-0.3, -0.25) is 4.90 Å². The van der Waals surface area contributed by atoms with E-state index in [4.69, 9.17) is 25.9 Å². The summed E-state index contributed by atoms with van der Waals surface area (Å²) in [6.07, 6.45) is 1.84. The van der Waals surface area contributed by atoms with Crippen LogP contribution in [0.1, 0.15) is 22.5 Å². The molecule has 5 nitrogen and oxygen atoms in total. The average Bonchev–Trinajstić information content (AvgIpc) is 2.97. The number of furan rings is 1. The van der Waals surface area contributed by atoms with Crippen LogP contribution >= 0.6 is 11.6 Å². The maximum atomic E-state index is 10.7. The van der Waals surface area contributed by atoms with Crippen molar-refractivity contribution in [2.24, 2.45) is 0 Å². The first-order valence-electron chi connectivity index (χ1n) is 10.0. The topological polar surface area (TPSA) is 62.9 Å². The quantitative estimate of drug-likeness (QED) is 0.604. The van der Waals surface area contributed by atoms with Crippen LogP contribution in [0.4, 0.5) is 0 Å². The van der Waals surface area contributed by atoms with E-state index < -0.39 is 5.97 Å². The Kier molecular flexibility index (Phi) is 6.11. The Balaban J connectivity index is 1.43. The number of carboxylic acids is 1. The lowest BCUT2D eigenvalue weighted by Gasteiger charge is -2.18. The van der Waals surface area contributed by atoms with Crippen LogP contribution in [-0.2, 0) is 24.2 Å². The van der Waals surface area contributed by atoms with Crippen LogP contribution < -0.4 is 4.74 Å². The maximum Gasteiger partial charge on any atom is 0.341 e. The Morgan fingerprint density at radius 1 is 1.10 bits per heavy atom. The SMILES string of the molecule is Cc1cc(-c2ccc(Cl)cc2)oc1CN1CCc2ccc(OCC(=O)O)cc2CC1. The Morgan fingerprint density at radius 2 is 1.83 bits per heavy atom. The van der Waals surface area contributed by atoms with Crippen molar-refractivity contribution in [2.75, 3.05) is 19.7 Å². The second kappa shape index (κ2) is 8.94. The zero-order chi connectivity index (χ0) is 21.1. The molecule has 0 radical (unpaired) electrons. The van der Waals surface area contributed by atoms with Crippen molar-refractivity contribution in [1.29, 1.82) is 0 Å². The van der Waals surface area contributed by atoms with Crippen molar-refractivity contribution in [3.8, 4) is 17.1 Å². The number of carboxylic acid groups (broad SMARTS) is 1. The summed E-state index contributed by atoms with van der Waals surface area (Å²) in [5.41, 5.74) is 4.67. The highest BCUT2D eigenvalue weighted by molar-refractivity contribution is 6.30. The second-order valence-corrected chi connectivity index (χ2v) is 8.05. The summed E-state index contributed by atoms with van der Waals surface area (Å²) in [5, 5.41) is 9.51. The van der Waals surface area contributed by atoms with Gasteiger partial charge in [0.25, 0.3) is 0 Å². The highest BCUT2D eigenvalue weighted by Crippen LogP contribution is 2.28. The number of rotatable bonds is 6. The Labute approximate surface area is 180 Å². The van der Waals surface area contributed by atoms with E-state index in [9.17, 15) is 4.79 Å². The van der Waals surface area contributed by atoms with E-state index in [1.54, 1.807) is 0 Å². The zero-order valence-electron chi connectivity index (χ0n) is 16.9. The van der Waals surface area contributed by atoms with Crippen LogP contribution in [-0.4, -0.2) is 35.7 Å². The van der Waals surface area contributed by atoms with Crippen molar-refractivity contribution in [1.82, 2.24) is 4.90 Å². The van der Waals surface area contributed by atoms with Crippen molar-refractivity contribution >= 4 is 17.6 Å². The molecule has 0 aliphatic carbocycles. The zero-order valence-corrected chi connectivity index (χ0v) is 17.6. The van der Waals surface area contributed by atoms with Gasteiger partial charge in [0.1, 0.15) is 17.3 Å². The van der Waals surface area contributed by atoms with Crippen LogP contribution in [0.2, 0.25) is 5.02 Å². The predicted molar refractivity (Wildman–Crippen MR) is 116 cm³/mol. The average molecular weight is 426 g/mol. The fourth-order valence-corrected chi connectivity index (χ4v) is 3.90. The largest absolute Gasteiger partial charge is 0.482 e. The first kappa shape index (κ1) is 20.5. The molecule has 0 amide bonds. The van der Waals surface area contributed by atoms with Crippen molar-refractivity contribution < 1.29 is 19.1 Å². The number of nitrogens with zero attached hydrogens (tertiary/aromatic N) is 1. The third kappa shape index (κ3) is 4.86. The van der Waals surface area contributed by atoms with Gasteiger partial charge in [-0.25, -0.2) is 4.79 Å². The molecule has 0 fully saturated rings. The molecule has 1 N–H and O–H groups in total. The molecule has 2 aromatic carbocycles. The molecule has 0 saturated heterocycles. The van der Waals surface area contributed by atoms with Crippen molar-refractivity contribution in [3.05, 3.63) is 76.0 Å². The van der Waals surface area contributed by atoms with Gasteiger partial charge in [0.15, 0.2) is 6.61 Å². The molecule has 0 atom stereocenters. The molecule has 1 aliphatic heterocycles. The smallest absolute Gasteiger partial charge is 0.341 e. The summed E-state index contributed by atoms with van der Waals surface area (Å²) in [4.78, 5) is 13.1. The van der Waals surface area contributed by atoms with Gasteiger partial charge < -0.3 is 14.3 Å². The van der Waals surface area contributed by atoms with Crippen LogP contribution in [0.25, 0.3) is 11.3 Å². The summed E-state index contributed by atoms with van der Waals surface area (Å²) < 4.78 is 11.5. The molecule has 0 saturated carbocycles. The second-order valence-electron chi connectivity index (χ2n) is 7.61. The first-order chi connectivity index (χ1) is 14.5. The van der Waals surface area contributed by atoms with Crippen LogP contribution in [0.3, 0.4) is 0 Å². The van der Waals surface area contributed by atoms with E-state index in [2.05, 4.69) is 17.9 Å². The highest BCUT2D eigenvalue weighted by Gasteiger charge is 2.18. The van der Waals surface area contributed by atoms with Gasteiger partial charge in [-0.05, 0) is 78.9 Å². The minimum Gasteiger partial charge on any atom is -0.482 e. The van der Waals surface area contributed by atoms with Crippen molar-refractivity contribution in [3.63, 3.8) is 0 Å². The number of hydrogen-bond acceptors (Lipinski definition) is 4. The van der Waals surface area contributed by atoms with E-state index >= 15 is 0 Å². The number of fused-ring (bicyclic) bond motifs is 1. The number of hydrogen-bond donors (Lipinski definition) is 1. The molecule has 0 unspecified atom stereocenters. The van der Waals surface area contributed by atoms with E-state index in [1.165, 1.54) is 11.1 Å². The number of aryl methyl sites for hydroxylation is 1. The van der Waals surface area contributed by atoms with Gasteiger partial charge in [0.2, 0.25) is 0 Å². The normalized spacial score (nSPS) is 14.2. The fourth-order valence-electron chi connectivity index (χ4n) is 3.78. The van der Waals surface area contributed by atoms with Gasteiger partial charge in [0, 0.05) is 23.7 Å². The minimum atomic E-state index is -0.970. The van der Waals surface area contributed by atoms with Crippen molar-refractivity contribution in [2.45, 2.75) is 26.3 Å². The van der Waals surface area contributed by atoms with E-state index in [-0.39, 0.29) is 6.61 Å². The van der Waals surface area contributed by atoms with Crippen LogP contribution in [0, 0.1) is 6.92 Å². The van der Waals surface area contributed by atoms with Crippen LogP contribution in [0.15, 0.2) is 52.9 Å². The van der Waals surface area contributed by atoms with E-state index in [1.807, 2.05) is 42.5 Å². The first-order valence-corrected chi connectivity index (χ1v) is 10.4. The van der Waals surface area contributed by atoms with Gasteiger partial charge in [-0.1, -0.05) is 17.7 Å². The number of aliphatic carboxylic acids is 1. The summed E-state index contributed by atoms with van der Waals surface area (Å²) in [6.45, 7) is 4.37. The molecule has 0 spiro atoms. The third-order valence-electron chi connectivity index (χ3n) is 5.45. The molecule has 30 heavy (non-hydrogen) atoms. The molecule has 3 aromatic rings. The number of ether oxygens (including phenoxy) is 1. The molecule has 4 rings (SSSR count). The summed E-state index contributed by atoms with van der Waals surface area (Å²) in [5.74, 6) is 1.48. The molecule has 1 aliphatic rings. The van der Waals surface area contributed by atoms with Gasteiger partial charge in [-0.15, -0.1) is 0 Å². The van der Waals surface area contributed by atoms with Gasteiger partial charge in [-0.2, -0.15) is 0 Å². The summed E-state index contributed by atoms with van der Waals surface area (Å²) in [6, 6.07) is 15.6. The minimum absolute atomic E-state index is 0.321. The molecule has 156 valence electrons. The lowest BCUT2D eigenvalue weighted by molar-refractivity contribution is -0.139. The Hall–Kier alpha value is -2.76. The van der Waals surface area contributed by atoms with E-state index in [0.29, 0.717) is 10.8 Å². The lowest BCUT2D eigenvalue weighted by Crippen LogP contribution is -2.26. The lowest BCUT2D eigenvalue weighted by atomic mass is 10.0. The van der Waals surface area contributed by atoms with Gasteiger partial charge >= 0.3 is 5.97 Å². The molecule has 0 bridgehead atoms. The Bertz CT molecular complexity index is 1040. The molecular weight excluding hydrogens is 402 g/mol. The third-order valence-corrected chi connectivity index (χ3v) is 5.70. The van der Waals surface area contributed by atoms with Crippen LogP contribution in [0.5, 0.6) is 5.75 Å². The standard InChI is InChI=1S/C24H24ClNO4/c1-16-12-22(18-2-5-20(25)6-3-18)30-23(16)14-26-10-8-17-4-7-21(29-15-24(27)28)13-19(17)9-11-26/h2-7,12-13H,8-11,14-15H2,1H3,(H,27,28). The molecular formula is C24H24ClNO4. The summed E-state index contributed by atoms with van der Waals surface area (Å²) >= 11 is 5.99. The predicted octanol–water partition coefficient (Wildman–Crippen LogP) is 4.97. The monoisotopic (exact) mass is 425 g/mol. The molecule has 1 aromatic heterocycles. The van der Waals surface area contributed by atoms with Gasteiger partial charge in [0.05, 0.1) is 6.54 Å². The number of halogens is 1. The summed E-state index contributed by atoms with van der Waals surface area (Å²) in [7, 11) is 0. The molecule has 6 heteroatoms. The van der Waals surface area contributed by atoms with E-state index in [0.717, 1.165) is 55.1 Å². The molecule has 2 heterocycles. The number of carbonyl (C=O) groups is 1. The highest BCUT2D eigenvalue weighted by atomic mass is 35.5. The fraction of sp³-hybridized carbons (Fsp3) is 0.292. The maximum absolute atomic E-state index is 10.7. The number of benzene rings is 2. The Morgan fingerprint density at radius 3 is 2.57 bits per heavy atom.